The number of amides is 2. The van der Waals surface area contributed by atoms with E-state index in [0.29, 0.717) is 17.2 Å². The van der Waals surface area contributed by atoms with Crippen LogP contribution in [0.4, 0.5) is 4.79 Å². The molecule has 2 aromatic heterocycles. The highest BCUT2D eigenvalue weighted by molar-refractivity contribution is 8.18. The van der Waals surface area contributed by atoms with Crippen LogP contribution in [0.3, 0.4) is 0 Å². The molecule has 0 saturated carbocycles. The van der Waals surface area contributed by atoms with Crippen molar-refractivity contribution in [1.82, 2.24) is 9.47 Å². The van der Waals surface area contributed by atoms with Crippen LogP contribution < -0.4 is 0 Å². The molecule has 0 N–H and O–H groups in total. The van der Waals surface area contributed by atoms with Gasteiger partial charge in [-0.05, 0) is 41.6 Å². The van der Waals surface area contributed by atoms with E-state index < -0.39 is 11.9 Å². The molecule has 34 heavy (non-hydrogen) atoms. The van der Waals surface area contributed by atoms with Gasteiger partial charge >= 0.3 is 5.97 Å². The lowest BCUT2D eigenvalue weighted by atomic mass is 10.1. The average Bonchev–Trinajstić information content (AvgIpc) is 3.53. The Balaban J connectivity index is 1.42. The van der Waals surface area contributed by atoms with Gasteiger partial charge in [-0.3, -0.25) is 14.5 Å². The fourth-order valence-corrected chi connectivity index (χ4v) is 4.74. The monoisotopic (exact) mass is 472 g/mol. The highest BCUT2D eigenvalue weighted by Crippen LogP contribution is 2.35. The number of aromatic nitrogens is 1. The van der Waals surface area contributed by atoms with Crippen LogP contribution in [0.15, 0.2) is 82.2 Å². The molecule has 4 aromatic rings. The summed E-state index contributed by atoms with van der Waals surface area (Å²) in [6.07, 6.45) is 3.76. The second-order valence-corrected chi connectivity index (χ2v) is 8.73. The second kappa shape index (κ2) is 9.07. The third kappa shape index (κ3) is 4.15. The number of hydrogen-bond donors (Lipinski definition) is 0. The van der Waals surface area contributed by atoms with Gasteiger partial charge in [-0.15, -0.1) is 0 Å². The summed E-state index contributed by atoms with van der Waals surface area (Å²) >= 11 is 0.891. The van der Waals surface area contributed by atoms with Crippen LogP contribution in [0, 0.1) is 0 Å². The summed E-state index contributed by atoms with van der Waals surface area (Å²) in [6.45, 7) is 0.631. The van der Waals surface area contributed by atoms with Gasteiger partial charge in [-0.1, -0.05) is 48.5 Å². The minimum Gasteiger partial charge on any atom is -0.463 e. The number of imide groups is 1. The van der Waals surface area contributed by atoms with Gasteiger partial charge in [0.05, 0.1) is 18.6 Å². The first-order valence-electron chi connectivity index (χ1n) is 10.6. The van der Waals surface area contributed by atoms with Gasteiger partial charge in [0.15, 0.2) is 0 Å². The lowest BCUT2D eigenvalue weighted by Gasteiger charge is -2.09. The number of hydrogen-bond acceptors (Lipinski definition) is 6. The summed E-state index contributed by atoms with van der Waals surface area (Å²) < 4.78 is 12.2. The number of carbonyl (C=O) groups is 3. The van der Waals surface area contributed by atoms with E-state index in [2.05, 4.69) is 21.4 Å². The maximum Gasteiger partial charge on any atom is 0.373 e. The van der Waals surface area contributed by atoms with E-state index in [-0.39, 0.29) is 17.5 Å². The Labute approximate surface area is 199 Å². The van der Waals surface area contributed by atoms with Crippen molar-refractivity contribution < 1.29 is 23.5 Å². The topological polar surface area (TPSA) is 81.8 Å². The standard InChI is InChI=1S/C26H20N2O5S/c1-32-25(30)22-12-11-19(33-22)16-28-24(29)23(34-26(28)31)13-18-15-27(14-17-7-3-2-4-8-17)21-10-6-5-9-20(18)21/h2-13,15H,14,16H2,1H3. The van der Waals surface area contributed by atoms with Gasteiger partial charge in [0, 0.05) is 29.2 Å². The quantitative estimate of drug-likeness (QED) is 0.280. The smallest absolute Gasteiger partial charge is 0.373 e. The molecule has 1 aliphatic heterocycles. The molecule has 2 amide bonds. The van der Waals surface area contributed by atoms with E-state index in [1.165, 1.54) is 18.7 Å². The molecule has 1 saturated heterocycles. The average molecular weight is 473 g/mol. The second-order valence-electron chi connectivity index (χ2n) is 7.74. The lowest BCUT2D eigenvalue weighted by molar-refractivity contribution is -0.123. The first kappa shape index (κ1) is 21.8. The maximum absolute atomic E-state index is 13.0. The molecule has 0 bridgehead atoms. The summed E-state index contributed by atoms with van der Waals surface area (Å²) in [5.41, 5.74) is 3.07. The first-order chi connectivity index (χ1) is 16.5. The molecule has 170 valence electrons. The van der Waals surface area contributed by atoms with E-state index in [0.717, 1.165) is 33.1 Å². The third-order valence-electron chi connectivity index (χ3n) is 5.54. The Morgan fingerprint density at radius 1 is 1.00 bits per heavy atom. The molecule has 3 heterocycles. The number of para-hydroxylation sites is 1. The lowest BCUT2D eigenvalue weighted by Crippen LogP contribution is -2.27. The molecule has 0 aliphatic carbocycles. The number of fused-ring (bicyclic) bond motifs is 1. The first-order valence-corrected chi connectivity index (χ1v) is 11.4. The number of benzene rings is 2. The molecule has 1 aliphatic rings. The SMILES string of the molecule is COC(=O)c1ccc(CN2C(=O)SC(=Cc3cn(Cc4ccccc4)c4ccccc34)C2=O)o1. The number of methoxy groups -OCH3 is 1. The molecule has 5 rings (SSSR count). The summed E-state index contributed by atoms with van der Waals surface area (Å²) in [7, 11) is 1.25. The van der Waals surface area contributed by atoms with Crippen molar-refractivity contribution in [3.05, 3.63) is 100 Å². The van der Waals surface area contributed by atoms with Crippen LogP contribution in [0.25, 0.3) is 17.0 Å². The largest absolute Gasteiger partial charge is 0.463 e. The zero-order valence-corrected chi connectivity index (χ0v) is 19.1. The highest BCUT2D eigenvalue weighted by atomic mass is 32.2. The van der Waals surface area contributed by atoms with Crippen LogP contribution in [-0.4, -0.2) is 33.7 Å². The molecule has 0 radical (unpaired) electrons. The molecule has 8 heteroatoms. The third-order valence-corrected chi connectivity index (χ3v) is 6.44. The fourth-order valence-electron chi connectivity index (χ4n) is 3.91. The predicted octanol–water partition coefficient (Wildman–Crippen LogP) is 5.31. The van der Waals surface area contributed by atoms with Crippen molar-refractivity contribution in [3.8, 4) is 0 Å². The number of rotatable bonds is 6. The summed E-state index contributed by atoms with van der Waals surface area (Å²) in [5.74, 6) is -0.673. The van der Waals surface area contributed by atoms with E-state index in [9.17, 15) is 14.4 Å². The predicted molar refractivity (Wildman–Crippen MR) is 129 cm³/mol. The fraction of sp³-hybridized carbons (Fsp3) is 0.115. The molecular formula is C26H20N2O5S. The molecule has 2 aromatic carbocycles. The minimum absolute atomic E-state index is 0.0197. The molecule has 1 fully saturated rings. The van der Waals surface area contributed by atoms with Gasteiger partial charge in [0.25, 0.3) is 11.1 Å². The number of furan rings is 1. The Hall–Kier alpha value is -4.04. The van der Waals surface area contributed by atoms with Crippen molar-refractivity contribution >= 4 is 45.9 Å². The number of nitrogens with zero attached hydrogens (tertiary/aromatic N) is 2. The van der Waals surface area contributed by atoms with Gasteiger partial charge in [0.2, 0.25) is 5.76 Å². The van der Waals surface area contributed by atoms with Crippen LogP contribution in [-0.2, 0) is 22.6 Å². The number of carbonyl (C=O) groups excluding carboxylic acids is 3. The van der Waals surface area contributed by atoms with Crippen LogP contribution in [0.5, 0.6) is 0 Å². The normalized spacial score (nSPS) is 15.0. The molecule has 7 nitrogen and oxygen atoms in total. The van der Waals surface area contributed by atoms with Crippen molar-refractivity contribution in [3.63, 3.8) is 0 Å². The van der Waals surface area contributed by atoms with E-state index in [1.807, 2.05) is 48.7 Å². The van der Waals surface area contributed by atoms with Gasteiger partial charge < -0.3 is 13.7 Å². The van der Waals surface area contributed by atoms with Gasteiger partial charge in [-0.25, -0.2) is 4.79 Å². The van der Waals surface area contributed by atoms with Crippen molar-refractivity contribution in [2.75, 3.05) is 7.11 Å². The van der Waals surface area contributed by atoms with Crippen molar-refractivity contribution in [2.45, 2.75) is 13.1 Å². The summed E-state index contributed by atoms with van der Waals surface area (Å²) in [6, 6.07) is 21.1. The van der Waals surface area contributed by atoms with Crippen LogP contribution in [0.2, 0.25) is 0 Å². The van der Waals surface area contributed by atoms with Gasteiger partial charge in [0.1, 0.15) is 5.76 Å². The van der Waals surface area contributed by atoms with Crippen LogP contribution in [0.1, 0.15) is 27.4 Å². The number of ether oxygens (including phenoxy) is 1. The van der Waals surface area contributed by atoms with Crippen molar-refractivity contribution in [2.24, 2.45) is 0 Å². The zero-order valence-electron chi connectivity index (χ0n) is 18.3. The van der Waals surface area contributed by atoms with Crippen LogP contribution >= 0.6 is 11.8 Å². The Bertz CT molecular complexity index is 1430. The van der Waals surface area contributed by atoms with E-state index in [4.69, 9.17) is 4.42 Å². The Morgan fingerprint density at radius 2 is 1.76 bits per heavy atom. The Kier molecular flexibility index (Phi) is 5.81. The highest BCUT2D eigenvalue weighted by Gasteiger charge is 2.36. The number of thioether (sulfide) groups is 1. The maximum atomic E-state index is 13.0. The molecular weight excluding hydrogens is 452 g/mol. The van der Waals surface area contributed by atoms with E-state index >= 15 is 0 Å². The van der Waals surface area contributed by atoms with Crippen molar-refractivity contribution in [1.29, 1.82) is 0 Å². The van der Waals surface area contributed by atoms with Gasteiger partial charge in [-0.2, -0.15) is 0 Å². The Morgan fingerprint density at radius 3 is 2.56 bits per heavy atom. The van der Waals surface area contributed by atoms with E-state index in [1.54, 1.807) is 12.1 Å². The minimum atomic E-state index is -0.618. The zero-order chi connectivity index (χ0) is 23.7. The molecule has 0 atom stereocenters. The summed E-state index contributed by atoms with van der Waals surface area (Å²) in [5, 5.41) is 0.610. The summed E-state index contributed by atoms with van der Waals surface area (Å²) in [4.78, 5) is 38.7. The number of esters is 1. The molecule has 0 unspecified atom stereocenters. The molecule has 0 spiro atoms.